The molecule has 0 heterocycles. The minimum Gasteiger partial charge on any atom is -0.480 e. The Labute approximate surface area is 101 Å². The summed E-state index contributed by atoms with van der Waals surface area (Å²) in [5.41, 5.74) is 5.06. The van der Waals surface area contributed by atoms with Crippen LogP contribution in [0.5, 0.6) is 0 Å². The van der Waals surface area contributed by atoms with Crippen molar-refractivity contribution in [2.45, 2.75) is 50.7 Å². The third-order valence-electron chi connectivity index (χ3n) is 2.64. The molecule has 0 rings (SSSR count). The molecule has 1 atom stereocenters. The second-order valence-electron chi connectivity index (χ2n) is 3.87. The topological polar surface area (TPSA) is 80.4 Å². The molecule has 0 aliphatic heterocycles. The largest absolute Gasteiger partial charge is 0.480 e. The van der Waals surface area contributed by atoms with Crippen LogP contribution in [0.2, 0.25) is 0 Å². The standard InChI is InChI=1S/C11H21NO3S/c1-3-5-6-7-11(4-2,10(14)15)16-8-9(12)13/h3-8H2,1-2H3,(H2,12,13)(H,14,15)/t11-/m1/s1. The molecule has 94 valence electrons. The third kappa shape index (κ3) is 4.88. The summed E-state index contributed by atoms with van der Waals surface area (Å²) < 4.78 is -0.843. The van der Waals surface area contributed by atoms with Gasteiger partial charge in [-0.2, -0.15) is 0 Å². The van der Waals surface area contributed by atoms with Crippen LogP contribution < -0.4 is 5.73 Å². The van der Waals surface area contributed by atoms with Gasteiger partial charge in [-0.25, -0.2) is 0 Å². The summed E-state index contributed by atoms with van der Waals surface area (Å²) in [7, 11) is 0. The molecule has 3 N–H and O–H groups in total. The molecule has 4 nitrogen and oxygen atoms in total. The van der Waals surface area contributed by atoms with E-state index in [-0.39, 0.29) is 5.75 Å². The summed E-state index contributed by atoms with van der Waals surface area (Å²) in [5, 5.41) is 9.26. The number of hydrogen-bond donors (Lipinski definition) is 2. The van der Waals surface area contributed by atoms with E-state index >= 15 is 0 Å². The molecule has 0 aromatic heterocycles. The summed E-state index contributed by atoms with van der Waals surface area (Å²) in [6.45, 7) is 3.92. The maximum absolute atomic E-state index is 11.3. The highest BCUT2D eigenvalue weighted by Crippen LogP contribution is 2.34. The maximum Gasteiger partial charge on any atom is 0.319 e. The number of nitrogens with two attached hydrogens (primary N) is 1. The number of amides is 1. The highest BCUT2D eigenvalue weighted by Gasteiger charge is 2.36. The summed E-state index contributed by atoms with van der Waals surface area (Å²) >= 11 is 1.16. The van der Waals surface area contributed by atoms with Gasteiger partial charge in [-0.1, -0.05) is 33.1 Å². The molecule has 0 unspecified atom stereocenters. The first-order valence-electron chi connectivity index (χ1n) is 5.64. The van der Waals surface area contributed by atoms with Crippen molar-refractivity contribution in [3.63, 3.8) is 0 Å². The summed E-state index contributed by atoms with van der Waals surface area (Å²) in [6.07, 6.45) is 4.07. The summed E-state index contributed by atoms with van der Waals surface area (Å²) in [6, 6.07) is 0. The fraction of sp³-hybridized carbons (Fsp3) is 0.818. The van der Waals surface area contributed by atoms with E-state index in [1.54, 1.807) is 0 Å². The molecule has 0 fully saturated rings. The van der Waals surface area contributed by atoms with E-state index in [1.807, 2.05) is 6.92 Å². The lowest BCUT2D eigenvalue weighted by atomic mass is 9.98. The van der Waals surface area contributed by atoms with E-state index in [9.17, 15) is 14.7 Å². The van der Waals surface area contributed by atoms with E-state index in [4.69, 9.17) is 5.73 Å². The van der Waals surface area contributed by atoms with Crippen molar-refractivity contribution in [3.05, 3.63) is 0 Å². The molecule has 0 saturated heterocycles. The van der Waals surface area contributed by atoms with Crippen LogP contribution in [-0.4, -0.2) is 27.5 Å². The van der Waals surface area contributed by atoms with Crippen molar-refractivity contribution in [3.8, 4) is 0 Å². The monoisotopic (exact) mass is 247 g/mol. The lowest BCUT2D eigenvalue weighted by molar-refractivity contribution is -0.140. The predicted octanol–water partition coefficient (Wildman–Crippen LogP) is 2.02. The van der Waals surface area contributed by atoms with Gasteiger partial charge in [0.25, 0.3) is 0 Å². The molecule has 0 radical (unpaired) electrons. The molecular formula is C11H21NO3S. The van der Waals surface area contributed by atoms with E-state index in [2.05, 4.69) is 6.92 Å². The first kappa shape index (κ1) is 15.3. The normalized spacial score (nSPS) is 14.4. The highest BCUT2D eigenvalue weighted by molar-refractivity contribution is 8.02. The zero-order valence-corrected chi connectivity index (χ0v) is 10.8. The van der Waals surface area contributed by atoms with Crippen LogP contribution in [0.4, 0.5) is 0 Å². The Hall–Kier alpha value is -0.710. The Morgan fingerprint density at radius 1 is 1.31 bits per heavy atom. The fourth-order valence-corrected chi connectivity index (χ4v) is 2.58. The summed E-state index contributed by atoms with van der Waals surface area (Å²) in [5.74, 6) is -1.22. The average molecular weight is 247 g/mol. The first-order valence-corrected chi connectivity index (χ1v) is 6.62. The van der Waals surface area contributed by atoms with Crippen molar-refractivity contribution in [2.75, 3.05) is 5.75 Å². The predicted molar refractivity (Wildman–Crippen MR) is 66.5 cm³/mol. The molecular weight excluding hydrogens is 226 g/mol. The Morgan fingerprint density at radius 2 is 1.94 bits per heavy atom. The highest BCUT2D eigenvalue weighted by atomic mass is 32.2. The Bertz CT molecular complexity index is 245. The van der Waals surface area contributed by atoms with Crippen molar-refractivity contribution in [1.29, 1.82) is 0 Å². The van der Waals surface area contributed by atoms with E-state index in [0.717, 1.165) is 31.0 Å². The number of carbonyl (C=O) groups excluding carboxylic acids is 1. The zero-order valence-electron chi connectivity index (χ0n) is 9.99. The van der Waals surface area contributed by atoms with Crippen LogP contribution in [0.1, 0.15) is 46.0 Å². The molecule has 0 bridgehead atoms. The van der Waals surface area contributed by atoms with Gasteiger partial charge in [-0.15, -0.1) is 11.8 Å². The lowest BCUT2D eigenvalue weighted by Gasteiger charge is -2.27. The van der Waals surface area contributed by atoms with E-state index in [1.165, 1.54) is 0 Å². The number of aliphatic carboxylic acids is 1. The minimum atomic E-state index is -0.843. The number of hydrogen-bond acceptors (Lipinski definition) is 3. The van der Waals surface area contributed by atoms with Gasteiger partial charge in [-0.3, -0.25) is 9.59 Å². The van der Waals surface area contributed by atoms with Crippen LogP contribution in [0.15, 0.2) is 0 Å². The van der Waals surface area contributed by atoms with Crippen molar-refractivity contribution in [1.82, 2.24) is 0 Å². The minimum absolute atomic E-state index is 0.0757. The smallest absolute Gasteiger partial charge is 0.319 e. The second-order valence-corrected chi connectivity index (χ2v) is 5.22. The SMILES string of the molecule is CCCCC[C@@](CC)(SCC(N)=O)C(=O)O. The quantitative estimate of drug-likeness (QED) is 0.611. The molecule has 5 heteroatoms. The van der Waals surface area contributed by atoms with Gasteiger partial charge in [0.15, 0.2) is 0 Å². The van der Waals surface area contributed by atoms with Crippen LogP contribution in [0.25, 0.3) is 0 Å². The molecule has 0 aromatic carbocycles. The Morgan fingerprint density at radius 3 is 2.31 bits per heavy atom. The van der Waals surface area contributed by atoms with Crippen LogP contribution in [0.3, 0.4) is 0 Å². The van der Waals surface area contributed by atoms with Crippen molar-refractivity contribution < 1.29 is 14.7 Å². The molecule has 1 amide bonds. The van der Waals surface area contributed by atoms with Gasteiger partial charge in [0, 0.05) is 0 Å². The van der Waals surface area contributed by atoms with Gasteiger partial charge in [0.2, 0.25) is 5.91 Å². The molecule has 0 aliphatic carbocycles. The molecule has 0 aliphatic rings. The zero-order chi connectivity index (χ0) is 12.6. The molecule has 16 heavy (non-hydrogen) atoms. The number of carboxylic acid groups (broad SMARTS) is 1. The van der Waals surface area contributed by atoms with Gasteiger partial charge in [-0.05, 0) is 12.8 Å². The van der Waals surface area contributed by atoms with Gasteiger partial charge in [0.1, 0.15) is 4.75 Å². The first-order chi connectivity index (χ1) is 7.48. The van der Waals surface area contributed by atoms with Crippen LogP contribution in [0, 0.1) is 0 Å². The fourth-order valence-electron chi connectivity index (χ4n) is 1.54. The number of carbonyl (C=O) groups is 2. The molecule has 0 saturated carbocycles. The Balaban J connectivity index is 4.45. The van der Waals surface area contributed by atoms with Gasteiger partial charge >= 0.3 is 5.97 Å². The van der Waals surface area contributed by atoms with Crippen LogP contribution in [-0.2, 0) is 9.59 Å². The van der Waals surface area contributed by atoms with E-state index in [0.29, 0.717) is 12.8 Å². The van der Waals surface area contributed by atoms with E-state index < -0.39 is 16.6 Å². The number of thioether (sulfide) groups is 1. The van der Waals surface area contributed by atoms with Crippen LogP contribution >= 0.6 is 11.8 Å². The number of primary amides is 1. The number of unbranched alkanes of at least 4 members (excludes halogenated alkanes) is 2. The Kier molecular flexibility index (Phi) is 7.21. The van der Waals surface area contributed by atoms with Crippen molar-refractivity contribution in [2.24, 2.45) is 5.73 Å². The van der Waals surface area contributed by atoms with Crippen molar-refractivity contribution >= 4 is 23.6 Å². The number of rotatable bonds is 9. The lowest BCUT2D eigenvalue weighted by Crippen LogP contribution is -2.36. The molecule has 0 aromatic rings. The third-order valence-corrected chi connectivity index (χ3v) is 4.28. The summed E-state index contributed by atoms with van der Waals surface area (Å²) in [4.78, 5) is 22.0. The number of carboxylic acids is 1. The molecule has 0 spiro atoms. The van der Waals surface area contributed by atoms with Gasteiger partial charge in [0.05, 0.1) is 5.75 Å². The average Bonchev–Trinajstić information content (AvgIpc) is 2.23. The van der Waals surface area contributed by atoms with Gasteiger partial charge < -0.3 is 10.8 Å². The second kappa shape index (κ2) is 7.54. The maximum atomic E-state index is 11.3.